The van der Waals surface area contributed by atoms with Crippen LogP contribution in [0.25, 0.3) is 0 Å². The van der Waals surface area contributed by atoms with Crippen molar-refractivity contribution in [1.29, 1.82) is 0 Å². The Morgan fingerprint density at radius 3 is 2.53 bits per heavy atom. The van der Waals surface area contributed by atoms with Gasteiger partial charge < -0.3 is 9.47 Å². The zero-order chi connectivity index (χ0) is 24.1. The molecule has 2 atom stereocenters. The monoisotopic (exact) mass is 488 g/mol. The maximum absolute atomic E-state index is 13.6. The van der Waals surface area contributed by atoms with Crippen molar-refractivity contribution in [2.24, 2.45) is 5.92 Å². The highest BCUT2D eigenvalue weighted by molar-refractivity contribution is 7.89. The van der Waals surface area contributed by atoms with Crippen molar-refractivity contribution in [2.45, 2.75) is 37.7 Å². The Labute approximate surface area is 201 Å². The fourth-order valence-corrected chi connectivity index (χ4v) is 6.59. The standard InChI is InChI=1S/C25H32N2O6S/c1-3-31-25(28)20-12-14-27(15-13-20)34(29,30)23-18-33-26(2)24(23)21-10-7-11-22(16-21)32-17-19-8-5-4-6-9-19/h4-11,16,20,23-24H,3,12-15,17-18H2,1-2H3/t23-,24+/m1/s1. The van der Waals surface area contributed by atoms with Crippen LogP contribution in [0.2, 0.25) is 0 Å². The number of esters is 1. The van der Waals surface area contributed by atoms with Crippen LogP contribution in [-0.2, 0) is 31.0 Å². The van der Waals surface area contributed by atoms with E-state index in [9.17, 15) is 13.2 Å². The summed E-state index contributed by atoms with van der Waals surface area (Å²) in [5, 5.41) is 0.866. The smallest absolute Gasteiger partial charge is 0.309 e. The van der Waals surface area contributed by atoms with Crippen LogP contribution in [0.3, 0.4) is 0 Å². The van der Waals surface area contributed by atoms with Gasteiger partial charge in [-0.1, -0.05) is 42.5 Å². The molecule has 2 aliphatic heterocycles. The van der Waals surface area contributed by atoms with Crippen molar-refractivity contribution in [3.05, 3.63) is 65.7 Å². The molecule has 0 unspecified atom stereocenters. The average Bonchev–Trinajstić information content (AvgIpc) is 3.26. The second-order valence-corrected chi connectivity index (χ2v) is 10.8. The van der Waals surface area contributed by atoms with Crippen LogP contribution >= 0.6 is 0 Å². The van der Waals surface area contributed by atoms with E-state index in [1.54, 1.807) is 19.0 Å². The highest BCUT2D eigenvalue weighted by atomic mass is 32.2. The molecule has 0 N–H and O–H groups in total. The van der Waals surface area contributed by atoms with Gasteiger partial charge in [-0.25, -0.2) is 12.7 Å². The van der Waals surface area contributed by atoms with Crippen molar-refractivity contribution in [2.75, 3.05) is 33.4 Å². The van der Waals surface area contributed by atoms with Gasteiger partial charge in [0.25, 0.3) is 0 Å². The number of hydroxylamine groups is 2. The van der Waals surface area contributed by atoms with Gasteiger partial charge in [0, 0.05) is 20.1 Å². The lowest BCUT2D eigenvalue weighted by Crippen LogP contribution is -2.46. The molecular formula is C25H32N2O6S. The van der Waals surface area contributed by atoms with Gasteiger partial charge in [-0.15, -0.1) is 0 Å². The molecular weight excluding hydrogens is 456 g/mol. The summed E-state index contributed by atoms with van der Waals surface area (Å²) in [6, 6.07) is 16.9. The summed E-state index contributed by atoms with van der Waals surface area (Å²) in [5.74, 6) is 0.185. The number of hydrogen-bond acceptors (Lipinski definition) is 7. The normalized spacial score (nSPS) is 22.5. The topological polar surface area (TPSA) is 85.4 Å². The second-order valence-electron chi connectivity index (χ2n) is 8.64. The third-order valence-corrected chi connectivity index (χ3v) is 8.69. The maximum Gasteiger partial charge on any atom is 0.309 e. The summed E-state index contributed by atoms with van der Waals surface area (Å²) in [4.78, 5) is 17.7. The summed E-state index contributed by atoms with van der Waals surface area (Å²) in [6.45, 7) is 3.22. The van der Waals surface area contributed by atoms with Crippen molar-refractivity contribution < 1.29 is 27.5 Å². The van der Waals surface area contributed by atoms with Crippen molar-refractivity contribution in [3.8, 4) is 5.75 Å². The summed E-state index contributed by atoms with van der Waals surface area (Å²) in [5.41, 5.74) is 1.88. The van der Waals surface area contributed by atoms with E-state index in [1.165, 1.54) is 4.31 Å². The van der Waals surface area contributed by atoms with Gasteiger partial charge in [0.1, 0.15) is 17.6 Å². The minimum absolute atomic E-state index is 0.0798. The number of nitrogens with zero attached hydrogens (tertiary/aromatic N) is 2. The van der Waals surface area contributed by atoms with Crippen molar-refractivity contribution in [3.63, 3.8) is 0 Å². The first-order chi connectivity index (χ1) is 16.4. The third-order valence-electron chi connectivity index (χ3n) is 6.45. The van der Waals surface area contributed by atoms with Crippen LogP contribution < -0.4 is 4.74 Å². The zero-order valence-electron chi connectivity index (χ0n) is 19.6. The molecule has 0 saturated carbocycles. The molecule has 2 aromatic rings. The number of sulfonamides is 1. The van der Waals surface area contributed by atoms with Crippen LogP contribution in [0, 0.1) is 5.92 Å². The lowest BCUT2D eigenvalue weighted by Gasteiger charge is -2.33. The number of piperidine rings is 1. The summed E-state index contributed by atoms with van der Waals surface area (Å²) < 4.78 is 39.7. The van der Waals surface area contributed by atoms with Gasteiger partial charge in [-0.2, -0.15) is 5.06 Å². The first-order valence-corrected chi connectivity index (χ1v) is 13.2. The summed E-state index contributed by atoms with van der Waals surface area (Å²) >= 11 is 0. The third kappa shape index (κ3) is 5.43. The number of carbonyl (C=O) groups excluding carboxylic acids is 1. The molecule has 184 valence electrons. The molecule has 2 fully saturated rings. The molecule has 2 saturated heterocycles. The van der Waals surface area contributed by atoms with Crippen LogP contribution in [-0.4, -0.2) is 62.4 Å². The van der Waals surface area contributed by atoms with Crippen molar-refractivity contribution in [1.82, 2.24) is 9.37 Å². The Balaban J connectivity index is 1.46. The molecule has 8 nitrogen and oxygen atoms in total. The Kier molecular flexibility index (Phi) is 7.88. The molecule has 9 heteroatoms. The quantitative estimate of drug-likeness (QED) is 0.528. The van der Waals surface area contributed by atoms with Gasteiger partial charge in [-0.05, 0) is 43.0 Å². The number of benzene rings is 2. The van der Waals surface area contributed by atoms with Crippen LogP contribution in [0.15, 0.2) is 54.6 Å². The molecule has 4 rings (SSSR count). The van der Waals surface area contributed by atoms with Crippen LogP contribution in [0.1, 0.15) is 36.9 Å². The Morgan fingerprint density at radius 2 is 1.82 bits per heavy atom. The highest BCUT2D eigenvalue weighted by Crippen LogP contribution is 2.37. The van der Waals surface area contributed by atoms with E-state index >= 15 is 0 Å². The number of carbonyl (C=O) groups is 1. The van der Waals surface area contributed by atoms with E-state index in [4.69, 9.17) is 14.3 Å². The van der Waals surface area contributed by atoms with Gasteiger partial charge in [-0.3, -0.25) is 9.63 Å². The average molecular weight is 489 g/mol. The highest BCUT2D eigenvalue weighted by Gasteiger charge is 2.46. The number of rotatable bonds is 8. The summed E-state index contributed by atoms with van der Waals surface area (Å²) in [7, 11) is -1.89. The molecule has 0 amide bonds. The number of hydrogen-bond donors (Lipinski definition) is 0. The van der Waals surface area contributed by atoms with Crippen LogP contribution in [0.4, 0.5) is 0 Å². The second kappa shape index (κ2) is 10.9. The molecule has 2 aromatic carbocycles. The van der Waals surface area contributed by atoms with E-state index in [1.807, 2.05) is 54.6 Å². The zero-order valence-corrected chi connectivity index (χ0v) is 20.4. The fraction of sp³-hybridized carbons (Fsp3) is 0.480. The van der Waals surface area contributed by atoms with Crippen LogP contribution in [0.5, 0.6) is 5.75 Å². The predicted octanol–water partition coefficient (Wildman–Crippen LogP) is 3.16. The lowest BCUT2D eigenvalue weighted by molar-refractivity contribution is -0.149. The SMILES string of the molecule is CCOC(=O)C1CCN(S(=O)(=O)[C@@H]2CON(C)[C@H]2c2cccc(OCc3ccccc3)c2)CC1. The molecule has 0 radical (unpaired) electrons. The Bertz CT molecular complexity index is 1070. The molecule has 0 aromatic heterocycles. The molecule has 0 bridgehead atoms. The van der Waals surface area contributed by atoms with Gasteiger partial charge >= 0.3 is 5.97 Å². The van der Waals surface area contributed by atoms with E-state index in [0.29, 0.717) is 44.9 Å². The minimum Gasteiger partial charge on any atom is -0.489 e. The first-order valence-electron chi connectivity index (χ1n) is 11.7. The molecule has 2 heterocycles. The number of ether oxygens (including phenoxy) is 2. The summed E-state index contributed by atoms with van der Waals surface area (Å²) in [6.07, 6.45) is 0.934. The van der Waals surface area contributed by atoms with Gasteiger partial charge in [0.05, 0.1) is 25.2 Å². The van der Waals surface area contributed by atoms with Gasteiger partial charge in [0.15, 0.2) is 0 Å². The maximum atomic E-state index is 13.6. The fourth-order valence-electron chi connectivity index (χ4n) is 4.60. The first kappa shape index (κ1) is 24.7. The molecule has 0 spiro atoms. The largest absolute Gasteiger partial charge is 0.489 e. The van der Waals surface area contributed by atoms with Crippen molar-refractivity contribution >= 4 is 16.0 Å². The Hall–Kier alpha value is -2.46. The Morgan fingerprint density at radius 1 is 1.09 bits per heavy atom. The van der Waals surface area contributed by atoms with E-state index in [0.717, 1.165) is 11.1 Å². The minimum atomic E-state index is -3.65. The predicted molar refractivity (Wildman–Crippen MR) is 127 cm³/mol. The van der Waals surface area contributed by atoms with Gasteiger partial charge in [0.2, 0.25) is 10.0 Å². The van der Waals surface area contributed by atoms with E-state index in [2.05, 4.69) is 0 Å². The molecule has 34 heavy (non-hydrogen) atoms. The van der Waals surface area contributed by atoms with E-state index < -0.39 is 21.3 Å². The molecule has 0 aliphatic carbocycles. The van der Waals surface area contributed by atoms with E-state index in [-0.39, 0.29) is 18.5 Å². The molecule has 2 aliphatic rings. The lowest BCUT2D eigenvalue weighted by atomic mass is 9.98.